The zero-order valence-corrected chi connectivity index (χ0v) is 14.4. The van der Waals surface area contributed by atoms with Crippen LogP contribution in [0.3, 0.4) is 0 Å². The number of hydrogen-bond donors (Lipinski definition) is 0. The fourth-order valence-electron chi connectivity index (χ4n) is 2.27. The van der Waals surface area contributed by atoms with Crippen molar-refractivity contribution in [2.24, 2.45) is 0 Å². The molecule has 120 valence electrons. The van der Waals surface area contributed by atoms with Crippen molar-refractivity contribution in [3.8, 4) is 0 Å². The minimum absolute atomic E-state index is 0.215. The van der Waals surface area contributed by atoms with Crippen LogP contribution in [0.2, 0.25) is 0 Å². The van der Waals surface area contributed by atoms with Crippen molar-refractivity contribution < 1.29 is 8.78 Å². The molecule has 2 heterocycles. The van der Waals surface area contributed by atoms with Gasteiger partial charge in [0.25, 0.3) is 0 Å². The second kappa shape index (κ2) is 7.01. The smallest absolute Gasteiger partial charge is 0.123 e. The normalized spacial score (nSPS) is 10.5. The first kappa shape index (κ1) is 16.5. The number of aromatic nitrogens is 2. The summed E-state index contributed by atoms with van der Waals surface area (Å²) in [6.07, 6.45) is 0. The minimum Gasteiger partial charge on any atom is -0.253 e. The van der Waals surface area contributed by atoms with E-state index >= 15 is 0 Å². The number of pyridine rings is 2. The number of nitrogens with zero attached hydrogens (tertiary/aromatic N) is 2. The van der Waals surface area contributed by atoms with Crippen LogP contribution in [0.4, 0.5) is 8.78 Å². The maximum atomic E-state index is 12.7. The predicted octanol–water partition coefficient (Wildman–Crippen LogP) is 5.82. The van der Waals surface area contributed by atoms with E-state index in [1.54, 1.807) is 18.2 Å². The molecular formula is C19H13BrF2N2. The van der Waals surface area contributed by atoms with Crippen LogP contribution in [0, 0.1) is 18.6 Å². The van der Waals surface area contributed by atoms with E-state index in [4.69, 9.17) is 0 Å². The third-order valence-electron chi connectivity index (χ3n) is 3.41. The summed E-state index contributed by atoms with van der Waals surface area (Å²) in [5.41, 5.74) is 2.59. The Hall–Kier alpha value is -2.40. The Labute approximate surface area is 146 Å². The van der Waals surface area contributed by atoms with Crippen molar-refractivity contribution in [1.29, 1.82) is 0 Å². The SMILES string of the molecule is Cc1ccc2cc(F)ccc2n1.Fc1ccc2nc(Br)ccc2c1. The van der Waals surface area contributed by atoms with Crippen molar-refractivity contribution in [2.45, 2.75) is 6.92 Å². The molecule has 0 saturated carbocycles. The van der Waals surface area contributed by atoms with Gasteiger partial charge in [-0.05, 0) is 71.4 Å². The molecule has 0 saturated heterocycles. The highest BCUT2D eigenvalue weighted by Gasteiger charge is 1.97. The topological polar surface area (TPSA) is 25.8 Å². The van der Waals surface area contributed by atoms with Crippen molar-refractivity contribution in [3.05, 3.63) is 82.6 Å². The van der Waals surface area contributed by atoms with Crippen molar-refractivity contribution in [2.75, 3.05) is 0 Å². The van der Waals surface area contributed by atoms with Crippen LogP contribution in [-0.2, 0) is 0 Å². The molecule has 0 aliphatic rings. The molecule has 0 unspecified atom stereocenters. The summed E-state index contributed by atoms with van der Waals surface area (Å²) >= 11 is 3.25. The molecule has 4 aromatic rings. The van der Waals surface area contributed by atoms with Gasteiger partial charge in [-0.15, -0.1) is 0 Å². The highest BCUT2D eigenvalue weighted by molar-refractivity contribution is 9.10. The molecule has 0 spiro atoms. The standard InChI is InChI=1S/C10H8FN.C9H5BrFN/c1-7-2-3-8-6-9(11)4-5-10(8)12-7;10-9-4-1-6-5-7(11)2-3-8(6)12-9/h2-6H,1H3;1-5H. The van der Waals surface area contributed by atoms with Crippen LogP contribution in [0.15, 0.2) is 65.3 Å². The molecule has 0 bridgehead atoms. The van der Waals surface area contributed by atoms with Crippen molar-refractivity contribution >= 4 is 37.7 Å². The largest absolute Gasteiger partial charge is 0.253 e. The summed E-state index contributed by atoms with van der Waals surface area (Å²) in [6.45, 7) is 1.92. The van der Waals surface area contributed by atoms with Crippen molar-refractivity contribution in [1.82, 2.24) is 9.97 Å². The Balaban J connectivity index is 0.000000141. The Morgan fingerprint density at radius 3 is 1.88 bits per heavy atom. The molecular weight excluding hydrogens is 374 g/mol. The molecule has 2 aromatic heterocycles. The van der Waals surface area contributed by atoms with Gasteiger partial charge in [0, 0.05) is 16.5 Å². The van der Waals surface area contributed by atoms with E-state index in [2.05, 4.69) is 25.9 Å². The zero-order valence-electron chi connectivity index (χ0n) is 12.8. The van der Waals surface area contributed by atoms with Crippen LogP contribution in [0.5, 0.6) is 0 Å². The maximum absolute atomic E-state index is 12.7. The molecule has 2 aromatic carbocycles. The van der Waals surface area contributed by atoms with Crippen molar-refractivity contribution in [3.63, 3.8) is 0 Å². The molecule has 5 heteroatoms. The zero-order chi connectivity index (χ0) is 17.1. The highest BCUT2D eigenvalue weighted by Crippen LogP contribution is 2.16. The van der Waals surface area contributed by atoms with E-state index < -0.39 is 0 Å². The van der Waals surface area contributed by atoms with Gasteiger partial charge in [-0.2, -0.15) is 0 Å². The Morgan fingerprint density at radius 1 is 0.708 bits per heavy atom. The summed E-state index contributed by atoms with van der Waals surface area (Å²) in [4.78, 5) is 8.42. The summed E-state index contributed by atoms with van der Waals surface area (Å²) in [5.74, 6) is -0.445. The molecule has 0 radical (unpaired) electrons. The van der Waals surface area contributed by atoms with Gasteiger partial charge in [-0.1, -0.05) is 12.1 Å². The fraction of sp³-hybridized carbons (Fsp3) is 0.0526. The number of hydrogen-bond acceptors (Lipinski definition) is 2. The first-order valence-electron chi connectivity index (χ1n) is 7.26. The maximum Gasteiger partial charge on any atom is 0.123 e. The Kier molecular flexibility index (Phi) is 4.81. The molecule has 0 aliphatic carbocycles. The second-order valence-corrected chi connectivity index (χ2v) is 6.07. The molecule has 2 nitrogen and oxygen atoms in total. The number of fused-ring (bicyclic) bond motifs is 2. The summed E-state index contributed by atoms with van der Waals surface area (Å²) < 4.78 is 26.2. The van der Waals surface area contributed by atoms with Crippen LogP contribution >= 0.6 is 15.9 Å². The number of benzene rings is 2. The lowest BCUT2D eigenvalue weighted by Gasteiger charge is -1.97. The van der Waals surface area contributed by atoms with E-state index in [0.29, 0.717) is 0 Å². The third-order valence-corrected chi connectivity index (χ3v) is 3.85. The fourth-order valence-corrected chi connectivity index (χ4v) is 2.59. The molecule has 0 aliphatic heterocycles. The molecule has 24 heavy (non-hydrogen) atoms. The van der Waals surface area contributed by atoms with Gasteiger partial charge in [0.1, 0.15) is 16.2 Å². The molecule has 0 fully saturated rings. The lowest BCUT2D eigenvalue weighted by atomic mass is 10.2. The van der Waals surface area contributed by atoms with Crippen LogP contribution in [-0.4, -0.2) is 9.97 Å². The highest BCUT2D eigenvalue weighted by atomic mass is 79.9. The first-order chi connectivity index (χ1) is 11.5. The quantitative estimate of drug-likeness (QED) is 0.356. The third kappa shape index (κ3) is 3.92. The van der Waals surface area contributed by atoms with E-state index in [1.165, 1.54) is 24.3 Å². The number of halogens is 3. The number of aryl methyl sites for hydroxylation is 1. The molecule has 4 rings (SSSR count). The van der Waals surface area contributed by atoms with Gasteiger partial charge < -0.3 is 0 Å². The van der Waals surface area contributed by atoms with Gasteiger partial charge in [0.05, 0.1) is 11.0 Å². The summed E-state index contributed by atoms with van der Waals surface area (Å²) in [5, 5.41) is 1.67. The average molecular weight is 387 g/mol. The van der Waals surface area contributed by atoms with E-state index in [0.717, 1.165) is 32.1 Å². The molecule has 0 atom stereocenters. The lowest BCUT2D eigenvalue weighted by molar-refractivity contribution is 0.629. The molecule has 0 N–H and O–H groups in total. The van der Waals surface area contributed by atoms with Gasteiger partial charge in [0.15, 0.2) is 0 Å². The first-order valence-corrected chi connectivity index (χ1v) is 8.05. The minimum atomic E-state index is -0.230. The Bertz CT molecular complexity index is 853. The number of rotatable bonds is 0. The Morgan fingerprint density at radius 2 is 1.25 bits per heavy atom. The van der Waals surface area contributed by atoms with Gasteiger partial charge in [-0.3, -0.25) is 4.98 Å². The van der Waals surface area contributed by atoms with Crippen LogP contribution < -0.4 is 0 Å². The van der Waals surface area contributed by atoms with E-state index in [1.807, 2.05) is 25.1 Å². The predicted molar refractivity (Wildman–Crippen MR) is 95.8 cm³/mol. The van der Waals surface area contributed by atoms with E-state index in [-0.39, 0.29) is 11.6 Å². The lowest BCUT2D eigenvalue weighted by Crippen LogP contribution is -1.83. The average Bonchev–Trinajstić information content (AvgIpc) is 2.56. The van der Waals surface area contributed by atoms with Crippen LogP contribution in [0.25, 0.3) is 21.8 Å². The van der Waals surface area contributed by atoms with Gasteiger partial charge in [0.2, 0.25) is 0 Å². The van der Waals surface area contributed by atoms with Gasteiger partial charge >= 0.3 is 0 Å². The van der Waals surface area contributed by atoms with Crippen LogP contribution in [0.1, 0.15) is 5.69 Å². The van der Waals surface area contributed by atoms with Gasteiger partial charge in [-0.25, -0.2) is 13.8 Å². The molecule has 0 amide bonds. The summed E-state index contributed by atoms with van der Waals surface area (Å²) in [7, 11) is 0. The second-order valence-electron chi connectivity index (χ2n) is 5.26. The van der Waals surface area contributed by atoms with E-state index in [9.17, 15) is 8.78 Å². The summed E-state index contributed by atoms with van der Waals surface area (Å²) in [6, 6.07) is 16.5. The monoisotopic (exact) mass is 386 g/mol.